The summed E-state index contributed by atoms with van der Waals surface area (Å²) < 4.78 is 56.7. The van der Waals surface area contributed by atoms with Crippen LogP contribution in [-0.4, -0.2) is 115 Å². The van der Waals surface area contributed by atoms with Gasteiger partial charge in [0.1, 0.15) is 18.8 Å². The molecule has 9 rings (SSSR count). The summed E-state index contributed by atoms with van der Waals surface area (Å²) in [5.41, 5.74) is 1.53. The first kappa shape index (κ1) is 49.8. The number of ether oxygens (including phenoxy) is 9. The maximum Gasteiger partial charge on any atom is 0.338 e. The largest absolute Gasteiger partial charge is 0.459 e. The second-order valence-electron chi connectivity index (χ2n) is 17.1. The number of carbonyl (C=O) groups is 5. The summed E-state index contributed by atoms with van der Waals surface area (Å²) in [6.07, 6.45) is -12.2. The maximum absolute atomic E-state index is 14.4. The highest BCUT2D eigenvalue weighted by molar-refractivity contribution is 8.00. The van der Waals surface area contributed by atoms with Gasteiger partial charge in [-0.1, -0.05) is 121 Å². The fourth-order valence-electron chi connectivity index (χ4n) is 8.90. The first-order valence-electron chi connectivity index (χ1n) is 23.3. The van der Waals surface area contributed by atoms with Gasteiger partial charge in [0.15, 0.2) is 37.0 Å². The molecule has 370 valence electrons. The summed E-state index contributed by atoms with van der Waals surface area (Å²) >= 11 is 0.944. The smallest absolute Gasteiger partial charge is 0.338 e. The van der Waals surface area contributed by atoms with Crippen LogP contribution in [0.15, 0.2) is 182 Å². The van der Waals surface area contributed by atoms with Crippen LogP contribution in [0.25, 0.3) is 0 Å². The molecule has 16 heteroatoms. The third kappa shape index (κ3) is 11.4. The van der Waals surface area contributed by atoms with E-state index in [9.17, 15) is 29.1 Å². The van der Waals surface area contributed by atoms with Gasteiger partial charge >= 0.3 is 29.8 Å². The molecule has 0 spiro atoms. The Morgan fingerprint density at radius 2 is 0.889 bits per heavy atom. The number of aliphatic hydroxyl groups is 1. The fraction of sp³-hybridized carbons (Fsp3) is 0.268. The Morgan fingerprint density at radius 3 is 1.33 bits per heavy atom. The number of benzene rings is 6. The topological polar surface area (TPSA) is 189 Å². The molecule has 0 bridgehead atoms. The molecule has 0 amide bonds. The number of hydrogen-bond donors (Lipinski definition) is 1. The van der Waals surface area contributed by atoms with Gasteiger partial charge in [-0.2, -0.15) is 0 Å². The van der Waals surface area contributed by atoms with Gasteiger partial charge < -0.3 is 47.7 Å². The highest BCUT2D eigenvalue weighted by Gasteiger charge is 2.60. The summed E-state index contributed by atoms with van der Waals surface area (Å²) in [4.78, 5) is 70.6. The van der Waals surface area contributed by atoms with Crippen molar-refractivity contribution in [2.45, 2.75) is 65.8 Å². The molecule has 1 aliphatic carbocycles. The van der Waals surface area contributed by atoms with Gasteiger partial charge in [-0.15, -0.1) is 11.8 Å². The Bertz CT molecular complexity index is 2750. The standard InChI is InChI=1S/C56H50O15S/c1-63-56-47(70-54(62)38-28-16-6-17-29-38)46(69-53(61)37-26-14-5-15-27-37)48(41(66-56)33-64-50(58)34-20-8-2-9-21-34)72-49-42(57)40-32-65-55(39-30-18-7-19-31-39)71-43(40)44(67-51(59)35-22-10-3-11-23-35)45(49)68-52(60)36-24-12-4-13-25-36/h2-31,40-49,55-57H,32-33H2,1H3/t40-,41+,42+,43+,44-,45+,46+,47+,48+,49-,55+,56-/m0/s1. The summed E-state index contributed by atoms with van der Waals surface area (Å²) in [5.74, 6) is -4.87. The molecule has 6 aromatic carbocycles. The molecule has 12 atom stereocenters. The molecule has 1 saturated carbocycles. The Hall–Kier alpha value is -7.18. The van der Waals surface area contributed by atoms with Crippen molar-refractivity contribution in [1.82, 2.24) is 0 Å². The summed E-state index contributed by atoms with van der Waals surface area (Å²) in [5, 5.41) is 10.3. The fourth-order valence-corrected chi connectivity index (χ4v) is 10.7. The molecule has 2 heterocycles. The van der Waals surface area contributed by atoms with Crippen molar-refractivity contribution in [3.05, 3.63) is 215 Å². The van der Waals surface area contributed by atoms with E-state index in [1.165, 1.54) is 7.11 Å². The number of thioether (sulfide) groups is 1. The SMILES string of the molecule is CO[C@H]1O[C@H](COC(=O)c2ccccc2)[C@@H](S[C@H]2[C@H](O)[C@@H]3CO[C@@H](c4ccccc4)O[C@H]3[C@H](OC(=O)c3ccccc3)[C@H]2OC(=O)c2ccccc2)[C@H](OC(=O)c2ccccc2)[C@H]1OC(=O)c1ccccc1. The van der Waals surface area contributed by atoms with Crippen molar-refractivity contribution in [3.63, 3.8) is 0 Å². The Balaban J connectivity index is 1.16. The first-order valence-corrected chi connectivity index (χ1v) is 24.2. The minimum Gasteiger partial charge on any atom is -0.459 e. The van der Waals surface area contributed by atoms with E-state index in [4.69, 9.17) is 42.6 Å². The summed E-state index contributed by atoms with van der Waals surface area (Å²) in [6, 6.07) is 49.9. The Kier molecular flexibility index (Phi) is 16.2. The van der Waals surface area contributed by atoms with Crippen molar-refractivity contribution in [1.29, 1.82) is 0 Å². The minimum atomic E-state index is -1.52. The predicted octanol–water partition coefficient (Wildman–Crippen LogP) is 7.69. The van der Waals surface area contributed by atoms with E-state index in [1.807, 2.05) is 18.2 Å². The molecule has 0 aromatic heterocycles. The van der Waals surface area contributed by atoms with Crippen LogP contribution in [0.4, 0.5) is 0 Å². The lowest BCUT2D eigenvalue weighted by Crippen LogP contribution is -2.67. The van der Waals surface area contributed by atoms with Gasteiger partial charge in [-0.25, -0.2) is 24.0 Å². The first-order chi connectivity index (χ1) is 35.2. The van der Waals surface area contributed by atoms with E-state index in [-0.39, 0.29) is 34.4 Å². The summed E-state index contributed by atoms with van der Waals surface area (Å²) in [7, 11) is 1.31. The van der Waals surface area contributed by atoms with E-state index in [0.717, 1.165) is 11.8 Å². The van der Waals surface area contributed by atoms with Crippen molar-refractivity contribution < 1.29 is 71.7 Å². The summed E-state index contributed by atoms with van der Waals surface area (Å²) in [6.45, 7) is -0.597. The Morgan fingerprint density at radius 1 is 0.500 bits per heavy atom. The number of rotatable bonds is 15. The van der Waals surface area contributed by atoms with Gasteiger partial charge in [-0.05, 0) is 60.7 Å². The van der Waals surface area contributed by atoms with Crippen molar-refractivity contribution in [2.75, 3.05) is 20.3 Å². The van der Waals surface area contributed by atoms with E-state index in [0.29, 0.717) is 5.56 Å². The van der Waals surface area contributed by atoms with Gasteiger partial charge in [0.2, 0.25) is 0 Å². The number of aliphatic hydroxyl groups excluding tert-OH is 1. The van der Waals surface area contributed by atoms with Crippen LogP contribution in [0.1, 0.15) is 63.6 Å². The van der Waals surface area contributed by atoms with Crippen LogP contribution >= 0.6 is 11.8 Å². The second kappa shape index (κ2) is 23.4. The molecule has 0 unspecified atom stereocenters. The third-order valence-electron chi connectivity index (χ3n) is 12.5. The highest BCUT2D eigenvalue weighted by atomic mass is 32.2. The molecule has 1 N–H and O–H groups in total. The molecule has 6 aromatic rings. The number of esters is 5. The van der Waals surface area contributed by atoms with Crippen LogP contribution in [0.3, 0.4) is 0 Å². The molecular formula is C56H50O15S. The molecule has 72 heavy (non-hydrogen) atoms. The van der Waals surface area contributed by atoms with Crippen LogP contribution in [-0.2, 0) is 42.6 Å². The van der Waals surface area contributed by atoms with Crippen LogP contribution in [0, 0.1) is 5.92 Å². The zero-order valence-corrected chi connectivity index (χ0v) is 39.6. The number of hydrogen-bond acceptors (Lipinski definition) is 16. The average molecular weight is 995 g/mol. The quantitative estimate of drug-likeness (QED) is 0.0778. The zero-order valence-electron chi connectivity index (χ0n) is 38.7. The molecule has 3 fully saturated rings. The van der Waals surface area contributed by atoms with Gasteiger partial charge in [0.05, 0.1) is 51.0 Å². The normalized spacial score (nSPS) is 26.7. The molecule has 15 nitrogen and oxygen atoms in total. The third-order valence-corrected chi connectivity index (χ3v) is 14.2. The molecule has 3 aliphatic rings. The molecule has 0 radical (unpaired) electrons. The van der Waals surface area contributed by atoms with Crippen molar-refractivity contribution >= 4 is 41.6 Å². The molecule has 2 saturated heterocycles. The van der Waals surface area contributed by atoms with Crippen LogP contribution in [0.2, 0.25) is 0 Å². The molecular weight excluding hydrogens is 945 g/mol. The number of methoxy groups -OCH3 is 1. The van der Waals surface area contributed by atoms with Crippen LogP contribution < -0.4 is 0 Å². The van der Waals surface area contributed by atoms with Gasteiger partial charge in [-0.3, -0.25) is 0 Å². The lowest BCUT2D eigenvalue weighted by atomic mass is 9.79. The van der Waals surface area contributed by atoms with Crippen LogP contribution in [0.5, 0.6) is 0 Å². The Labute approximate surface area is 419 Å². The molecule has 2 aliphatic heterocycles. The zero-order chi connectivity index (χ0) is 50.0. The maximum atomic E-state index is 14.4. The van der Waals surface area contributed by atoms with Crippen molar-refractivity contribution in [3.8, 4) is 0 Å². The number of carbonyl (C=O) groups excluding carboxylic acids is 5. The lowest BCUT2D eigenvalue weighted by molar-refractivity contribution is -0.294. The number of fused-ring (bicyclic) bond motifs is 1. The lowest BCUT2D eigenvalue weighted by Gasteiger charge is -2.52. The minimum absolute atomic E-state index is 0.115. The van der Waals surface area contributed by atoms with E-state index >= 15 is 0 Å². The van der Waals surface area contributed by atoms with E-state index in [1.54, 1.807) is 164 Å². The highest BCUT2D eigenvalue weighted by Crippen LogP contribution is 2.47. The van der Waals surface area contributed by atoms with Crippen molar-refractivity contribution in [2.24, 2.45) is 5.92 Å². The second-order valence-corrected chi connectivity index (χ2v) is 18.4. The monoisotopic (exact) mass is 994 g/mol. The predicted molar refractivity (Wildman–Crippen MR) is 260 cm³/mol. The average Bonchev–Trinajstić information content (AvgIpc) is 3.44. The van der Waals surface area contributed by atoms with E-state index < -0.39 is 108 Å². The van der Waals surface area contributed by atoms with Gasteiger partial charge in [0, 0.05) is 18.6 Å². The van der Waals surface area contributed by atoms with E-state index in [2.05, 4.69) is 0 Å². The van der Waals surface area contributed by atoms with Gasteiger partial charge in [0.25, 0.3) is 0 Å².